The highest BCUT2D eigenvalue weighted by atomic mass is 15.2. The van der Waals surface area contributed by atoms with Gasteiger partial charge in [-0.15, -0.1) is 0 Å². The molecule has 0 bridgehead atoms. The van der Waals surface area contributed by atoms with Crippen LogP contribution in [0.25, 0.3) is 11.4 Å². The van der Waals surface area contributed by atoms with Gasteiger partial charge in [0.2, 0.25) is 0 Å². The monoisotopic (exact) mass is 268 g/mol. The van der Waals surface area contributed by atoms with Gasteiger partial charge in [-0.3, -0.25) is 4.98 Å². The third-order valence-corrected chi connectivity index (χ3v) is 3.17. The largest absolute Gasteiger partial charge is 0.355 e. The fraction of sp³-hybridized carbons (Fsp3) is 0.312. The van der Waals surface area contributed by atoms with Gasteiger partial charge in [-0.25, -0.2) is 9.97 Å². The summed E-state index contributed by atoms with van der Waals surface area (Å²) in [6.45, 7) is 10.8. The highest BCUT2D eigenvalue weighted by Gasteiger charge is 2.13. The number of likely N-dealkylation sites (N-methyl/N-ethyl adjacent to an activating group) is 1. The number of pyridine rings is 1. The zero-order valence-electron chi connectivity index (χ0n) is 12.5. The van der Waals surface area contributed by atoms with Gasteiger partial charge < -0.3 is 4.90 Å². The van der Waals surface area contributed by atoms with E-state index in [1.165, 1.54) is 0 Å². The fourth-order valence-corrected chi connectivity index (χ4v) is 2.10. The van der Waals surface area contributed by atoms with Crippen molar-refractivity contribution in [3.63, 3.8) is 0 Å². The molecule has 0 aliphatic rings. The number of hydrogen-bond donors (Lipinski definition) is 0. The molecule has 0 saturated carbocycles. The lowest BCUT2D eigenvalue weighted by molar-refractivity contribution is 0.924. The van der Waals surface area contributed by atoms with E-state index in [9.17, 15) is 0 Å². The van der Waals surface area contributed by atoms with Gasteiger partial charge in [0.1, 0.15) is 5.82 Å². The van der Waals surface area contributed by atoms with Gasteiger partial charge in [0.05, 0.1) is 0 Å². The minimum atomic E-state index is 0.735. The lowest BCUT2D eigenvalue weighted by Gasteiger charge is -2.21. The predicted molar refractivity (Wildman–Crippen MR) is 82.8 cm³/mol. The van der Waals surface area contributed by atoms with E-state index in [0.29, 0.717) is 0 Å². The molecule has 0 spiro atoms. The second-order valence-electron chi connectivity index (χ2n) is 5.13. The Morgan fingerprint density at radius 3 is 2.45 bits per heavy atom. The van der Waals surface area contributed by atoms with Crippen LogP contribution in [0.5, 0.6) is 0 Å². The van der Waals surface area contributed by atoms with Gasteiger partial charge in [0, 0.05) is 42.8 Å². The van der Waals surface area contributed by atoms with Crippen LogP contribution in [-0.2, 0) is 0 Å². The molecule has 0 aromatic carbocycles. The van der Waals surface area contributed by atoms with Crippen molar-refractivity contribution in [1.29, 1.82) is 0 Å². The summed E-state index contributed by atoms with van der Waals surface area (Å²) in [7, 11) is 2.03. The number of hydrogen-bond acceptors (Lipinski definition) is 4. The fourth-order valence-electron chi connectivity index (χ4n) is 2.10. The van der Waals surface area contributed by atoms with E-state index >= 15 is 0 Å². The summed E-state index contributed by atoms with van der Waals surface area (Å²) in [4.78, 5) is 15.4. The molecule has 0 amide bonds. The second kappa shape index (κ2) is 5.82. The summed E-state index contributed by atoms with van der Waals surface area (Å²) in [6.07, 6.45) is 3.51. The van der Waals surface area contributed by atoms with E-state index in [2.05, 4.69) is 28.4 Å². The third kappa shape index (κ3) is 3.02. The van der Waals surface area contributed by atoms with Crippen LogP contribution >= 0.6 is 0 Å². The first kappa shape index (κ1) is 14.2. The van der Waals surface area contributed by atoms with Gasteiger partial charge in [-0.1, -0.05) is 12.2 Å². The summed E-state index contributed by atoms with van der Waals surface area (Å²) in [5.41, 5.74) is 4.18. The van der Waals surface area contributed by atoms with Crippen LogP contribution in [0.15, 0.2) is 36.7 Å². The lowest BCUT2D eigenvalue weighted by Crippen LogP contribution is -2.22. The molecule has 0 atom stereocenters. The van der Waals surface area contributed by atoms with Crippen molar-refractivity contribution in [2.24, 2.45) is 0 Å². The molecule has 0 unspecified atom stereocenters. The maximum Gasteiger partial charge on any atom is 0.161 e. The highest BCUT2D eigenvalue weighted by Crippen LogP contribution is 2.23. The SMILES string of the molecule is C=C(C)CN(C)c1nc(-c2ccncc2)nc(C)c1C. The maximum absolute atomic E-state index is 4.70. The van der Waals surface area contributed by atoms with Crippen molar-refractivity contribution in [2.45, 2.75) is 20.8 Å². The van der Waals surface area contributed by atoms with Gasteiger partial charge in [-0.05, 0) is 32.9 Å². The van der Waals surface area contributed by atoms with Crippen LogP contribution in [0.2, 0.25) is 0 Å². The first-order valence-electron chi connectivity index (χ1n) is 6.60. The van der Waals surface area contributed by atoms with Crippen molar-refractivity contribution in [1.82, 2.24) is 15.0 Å². The molecule has 104 valence electrons. The van der Waals surface area contributed by atoms with Crippen LogP contribution in [0.1, 0.15) is 18.2 Å². The molecule has 20 heavy (non-hydrogen) atoms. The Bertz CT molecular complexity index is 620. The Morgan fingerprint density at radius 1 is 1.20 bits per heavy atom. The quantitative estimate of drug-likeness (QED) is 0.799. The van der Waals surface area contributed by atoms with Gasteiger partial charge >= 0.3 is 0 Å². The van der Waals surface area contributed by atoms with Gasteiger partial charge in [-0.2, -0.15) is 0 Å². The Labute approximate surface area is 120 Å². The first-order valence-corrected chi connectivity index (χ1v) is 6.60. The first-order chi connectivity index (χ1) is 9.49. The molecule has 4 nitrogen and oxygen atoms in total. The molecule has 2 aromatic rings. The standard InChI is InChI=1S/C16H20N4/c1-11(2)10-20(5)16-12(3)13(4)18-15(19-16)14-6-8-17-9-7-14/h6-9H,1,10H2,2-5H3. The van der Waals surface area contributed by atoms with E-state index in [1.54, 1.807) is 12.4 Å². The topological polar surface area (TPSA) is 41.9 Å². The molecule has 0 radical (unpaired) electrons. The molecule has 2 heterocycles. The summed E-state index contributed by atoms with van der Waals surface area (Å²) < 4.78 is 0. The number of aromatic nitrogens is 3. The minimum Gasteiger partial charge on any atom is -0.355 e. The summed E-state index contributed by atoms with van der Waals surface area (Å²) in [6, 6.07) is 3.85. The molecule has 0 fully saturated rings. The number of nitrogens with zero attached hydrogens (tertiary/aromatic N) is 4. The molecule has 0 saturated heterocycles. The zero-order valence-corrected chi connectivity index (χ0v) is 12.5. The second-order valence-corrected chi connectivity index (χ2v) is 5.13. The highest BCUT2D eigenvalue weighted by molar-refractivity contribution is 5.59. The molecule has 2 aromatic heterocycles. The van der Waals surface area contributed by atoms with Crippen LogP contribution in [-0.4, -0.2) is 28.5 Å². The average molecular weight is 268 g/mol. The van der Waals surface area contributed by atoms with Gasteiger partial charge in [0.15, 0.2) is 5.82 Å². The van der Waals surface area contributed by atoms with Crippen LogP contribution in [0.4, 0.5) is 5.82 Å². The Kier molecular flexibility index (Phi) is 4.13. The summed E-state index contributed by atoms with van der Waals surface area (Å²) >= 11 is 0. The van der Waals surface area contributed by atoms with E-state index in [4.69, 9.17) is 4.98 Å². The Morgan fingerprint density at radius 2 is 1.85 bits per heavy atom. The van der Waals surface area contributed by atoms with Crippen molar-refractivity contribution in [3.8, 4) is 11.4 Å². The lowest BCUT2D eigenvalue weighted by atomic mass is 10.2. The third-order valence-electron chi connectivity index (χ3n) is 3.17. The normalized spacial score (nSPS) is 10.4. The minimum absolute atomic E-state index is 0.735. The number of aryl methyl sites for hydroxylation is 1. The number of anilines is 1. The van der Waals surface area contributed by atoms with E-state index in [-0.39, 0.29) is 0 Å². The number of rotatable bonds is 4. The summed E-state index contributed by atoms with van der Waals surface area (Å²) in [5.74, 6) is 1.69. The summed E-state index contributed by atoms with van der Waals surface area (Å²) in [5, 5.41) is 0. The smallest absolute Gasteiger partial charge is 0.161 e. The van der Waals surface area contributed by atoms with E-state index < -0.39 is 0 Å². The molecule has 4 heteroatoms. The Hall–Kier alpha value is -2.23. The predicted octanol–water partition coefficient (Wildman–Crippen LogP) is 3.17. The molecule has 2 rings (SSSR count). The zero-order chi connectivity index (χ0) is 14.7. The van der Waals surface area contributed by atoms with E-state index in [1.807, 2.05) is 33.0 Å². The molecular weight excluding hydrogens is 248 g/mol. The molecule has 0 aliphatic carbocycles. The Balaban J connectivity index is 2.47. The maximum atomic E-state index is 4.70. The van der Waals surface area contributed by atoms with Crippen molar-refractivity contribution < 1.29 is 0 Å². The van der Waals surface area contributed by atoms with E-state index in [0.717, 1.165) is 40.6 Å². The van der Waals surface area contributed by atoms with Crippen molar-refractivity contribution >= 4 is 5.82 Å². The molecule has 0 aliphatic heterocycles. The average Bonchev–Trinajstić information content (AvgIpc) is 2.41. The van der Waals surface area contributed by atoms with Crippen LogP contribution in [0.3, 0.4) is 0 Å². The van der Waals surface area contributed by atoms with Crippen LogP contribution < -0.4 is 4.90 Å². The van der Waals surface area contributed by atoms with Crippen molar-refractivity contribution in [3.05, 3.63) is 47.9 Å². The van der Waals surface area contributed by atoms with Crippen LogP contribution in [0, 0.1) is 13.8 Å². The van der Waals surface area contributed by atoms with Gasteiger partial charge in [0.25, 0.3) is 0 Å². The molecular formula is C16H20N4. The molecule has 0 N–H and O–H groups in total. The van der Waals surface area contributed by atoms with Crippen molar-refractivity contribution in [2.75, 3.05) is 18.5 Å².